The molecule has 0 bridgehead atoms. The fourth-order valence-electron chi connectivity index (χ4n) is 3.66. The first kappa shape index (κ1) is 24.1. The van der Waals surface area contributed by atoms with Crippen molar-refractivity contribution in [3.05, 3.63) is 109 Å². The summed E-state index contributed by atoms with van der Waals surface area (Å²) in [7, 11) is 1.63. The first-order valence-electron chi connectivity index (χ1n) is 11.6. The van der Waals surface area contributed by atoms with Crippen LogP contribution in [0.4, 0.5) is 5.69 Å². The Hall–Kier alpha value is -4.56. The minimum Gasteiger partial charge on any atom is -0.497 e. The second kappa shape index (κ2) is 11.5. The van der Waals surface area contributed by atoms with Crippen LogP contribution in [0, 0.1) is 0 Å². The summed E-state index contributed by atoms with van der Waals surface area (Å²) < 4.78 is 13.1. The van der Waals surface area contributed by atoms with Gasteiger partial charge in [-0.25, -0.2) is 0 Å². The van der Waals surface area contributed by atoms with Crippen LogP contribution in [0.1, 0.15) is 0 Å². The van der Waals surface area contributed by atoms with Crippen LogP contribution in [-0.2, 0) is 4.79 Å². The lowest BCUT2D eigenvalue weighted by Crippen LogP contribution is -2.14. The summed E-state index contributed by atoms with van der Waals surface area (Å²) in [5.74, 6) is 2.93. The molecule has 0 atom stereocenters. The number of hydrogen-bond donors (Lipinski definition) is 1. The van der Waals surface area contributed by atoms with Gasteiger partial charge in [-0.3, -0.25) is 9.36 Å². The third-order valence-corrected chi connectivity index (χ3v) is 6.37. The first-order chi connectivity index (χ1) is 18.2. The minimum absolute atomic E-state index is 0.146. The molecule has 1 heterocycles. The number of nitrogens with zero attached hydrogens (tertiary/aromatic N) is 3. The fraction of sp³-hybridized carbons (Fsp3) is 0.0690. The molecule has 0 fully saturated rings. The van der Waals surface area contributed by atoms with Crippen LogP contribution >= 0.6 is 11.8 Å². The van der Waals surface area contributed by atoms with Crippen molar-refractivity contribution in [3.63, 3.8) is 0 Å². The molecule has 0 saturated heterocycles. The zero-order chi connectivity index (χ0) is 25.5. The van der Waals surface area contributed by atoms with Crippen molar-refractivity contribution in [2.45, 2.75) is 5.16 Å². The number of para-hydroxylation sites is 1. The van der Waals surface area contributed by atoms with Crippen LogP contribution in [-0.4, -0.2) is 33.5 Å². The number of anilines is 1. The van der Waals surface area contributed by atoms with Gasteiger partial charge in [-0.15, -0.1) is 10.2 Å². The maximum absolute atomic E-state index is 12.7. The Kier molecular flexibility index (Phi) is 7.47. The number of thioether (sulfide) groups is 1. The predicted octanol–water partition coefficient (Wildman–Crippen LogP) is 6.47. The highest BCUT2D eigenvalue weighted by atomic mass is 32.2. The highest BCUT2D eigenvalue weighted by molar-refractivity contribution is 7.99. The molecule has 8 heteroatoms. The van der Waals surface area contributed by atoms with Crippen molar-refractivity contribution in [1.29, 1.82) is 0 Å². The van der Waals surface area contributed by atoms with E-state index in [2.05, 4.69) is 15.5 Å². The van der Waals surface area contributed by atoms with Gasteiger partial charge in [0.25, 0.3) is 0 Å². The average Bonchev–Trinajstić information content (AvgIpc) is 3.38. The van der Waals surface area contributed by atoms with E-state index in [9.17, 15) is 4.79 Å². The molecule has 0 unspecified atom stereocenters. The zero-order valence-corrected chi connectivity index (χ0v) is 20.9. The van der Waals surface area contributed by atoms with Gasteiger partial charge in [-0.1, -0.05) is 60.3 Å². The number of benzene rings is 4. The molecule has 1 aromatic heterocycles. The van der Waals surface area contributed by atoms with Gasteiger partial charge in [0.15, 0.2) is 11.0 Å². The molecule has 0 aliphatic rings. The van der Waals surface area contributed by atoms with Gasteiger partial charge >= 0.3 is 0 Å². The van der Waals surface area contributed by atoms with Gasteiger partial charge in [0, 0.05) is 16.9 Å². The molecule has 1 amide bonds. The fourth-order valence-corrected chi connectivity index (χ4v) is 4.41. The number of ether oxygens (including phenoxy) is 2. The van der Waals surface area contributed by atoms with Gasteiger partial charge in [0.1, 0.15) is 17.2 Å². The number of amides is 1. The van der Waals surface area contributed by atoms with Crippen LogP contribution in [0.5, 0.6) is 17.2 Å². The number of hydrogen-bond acceptors (Lipinski definition) is 6. The zero-order valence-electron chi connectivity index (χ0n) is 20.1. The molecule has 0 aliphatic heterocycles. The van der Waals surface area contributed by atoms with Crippen LogP contribution < -0.4 is 14.8 Å². The smallest absolute Gasteiger partial charge is 0.234 e. The highest BCUT2D eigenvalue weighted by Gasteiger charge is 2.17. The Labute approximate surface area is 219 Å². The van der Waals surface area contributed by atoms with E-state index >= 15 is 0 Å². The van der Waals surface area contributed by atoms with E-state index in [0.717, 1.165) is 22.7 Å². The number of carbonyl (C=O) groups excluding carboxylic acids is 1. The Morgan fingerprint density at radius 1 is 0.784 bits per heavy atom. The van der Waals surface area contributed by atoms with Crippen molar-refractivity contribution in [3.8, 4) is 34.3 Å². The number of rotatable bonds is 9. The molecule has 184 valence electrons. The highest BCUT2D eigenvalue weighted by Crippen LogP contribution is 2.29. The van der Waals surface area contributed by atoms with Crippen molar-refractivity contribution < 1.29 is 14.3 Å². The van der Waals surface area contributed by atoms with Crippen molar-refractivity contribution in [2.75, 3.05) is 18.2 Å². The van der Waals surface area contributed by atoms with Gasteiger partial charge in [0.05, 0.1) is 12.9 Å². The van der Waals surface area contributed by atoms with E-state index in [-0.39, 0.29) is 11.7 Å². The number of methoxy groups -OCH3 is 1. The normalized spacial score (nSPS) is 10.6. The largest absolute Gasteiger partial charge is 0.497 e. The van der Waals surface area contributed by atoms with Crippen molar-refractivity contribution in [2.24, 2.45) is 0 Å². The second-order valence-electron chi connectivity index (χ2n) is 7.98. The maximum Gasteiger partial charge on any atom is 0.234 e. The van der Waals surface area contributed by atoms with Crippen LogP contribution in [0.3, 0.4) is 0 Å². The number of nitrogens with one attached hydrogen (secondary N) is 1. The van der Waals surface area contributed by atoms with Crippen LogP contribution in [0.25, 0.3) is 17.1 Å². The maximum atomic E-state index is 12.7. The monoisotopic (exact) mass is 508 g/mol. The van der Waals surface area contributed by atoms with Gasteiger partial charge in [-0.2, -0.15) is 0 Å². The van der Waals surface area contributed by atoms with Crippen LogP contribution in [0.2, 0.25) is 0 Å². The quantitative estimate of drug-likeness (QED) is 0.230. The second-order valence-corrected chi connectivity index (χ2v) is 8.92. The summed E-state index contributed by atoms with van der Waals surface area (Å²) in [6.45, 7) is 0. The molecule has 5 aromatic rings. The molecular formula is C29H24N4O3S. The molecule has 0 spiro atoms. The summed E-state index contributed by atoms with van der Waals surface area (Å²) >= 11 is 1.32. The molecule has 5 rings (SSSR count). The Morgan fingerprint density at radius 3 is 2.08 bits per heavy atom. The molecule has 0 saturated carbocycles. The molecule has 1 N–H and O–H groups in total. The SMILES string of the molecule is COc1ccc(-n2c(SCC(=O)Nc3ccc(Oc4ccccc4)cc3)nnc2-c2ccccc2)cc1. The lowest BCUT2D eigenvalue weighted by molar-refractivity contribution is -0.113. The molecular weight excluding hydrogens is 484 g/mol. The van der Waals surface area contributed by atoms with E-state index in [0.29, 0.717) is 22.4 Å². The van der Waals surface area contributed by atoms with E-state index in [1.165, 1.54) is 11.8 Å². The van der Waals surface area contributed by atoms with E-state index < -0.39 is 0 Å². The van der Waals surface area contributed by atoms with Crippen molar-refractivity contribution >= 4 is 23.4 Å². The van der Waals surface area contributed by atoms with Gasteiger partial charge in [0.2, 0.25) is 5.91 Å². The van der Waals surface area contributed by atoms with Gasteiger partial charge < -0.3 is 14.8 Å². The minimum atomic E-state index is -0.146. The first-order valence-corrected chi connectivity index (χ1v) is 12.6. The topological polar surface area (TPSA) is 78.3 Å². The summed E-state index contributed by atoms with van der Waals surface area (Å²) in [6.07, 6.45) is 0. The molecule has 0 radical (unpaired) electrons. The molecule has 37 heavy (non-hydrogen) atoms. The molecule has 4 aromatic carbocycles. The number of aromatic nitrogens is 3. The molecule has 0 aliphatic carbocycles. The van der Waals surface area contributed by atoms with E-state index in [1.807, 2.05) is 114 Å². The van der Waals surface area contributed by atoms with Crippen LogP contribution in [0.15, 0.2) is 114 Å². The third-order valence-electron chi connectivity index (χ3n) is 5.45. The number of carbonyl (C=O) groups is 1. The summed E-state index contributed by atoms with van der Waals surface area (Å²) in [4.78, 5) is 12.7. The summed E-state index contributed by atoms with van der Waals surface area (Å²) in [5.41, 5.74) is 2.49. The average molecular weight is 509 g/mol. The summed E-state index contributed by atoms with van der Waals surface area (Å²) in [6, 6.07) is 34.3. The Morgan fingerprint density at radius 2 is 1.41 bits per heavy atom. The van der Waals surface area contributed by atoms with E-state index in [4.69, 9.17) is 9.47 Å². The standard InChI is InChI=1S/C29H24N4O3S/c1-35-24-18-14-23(15-19-24)33-28(21-8-4-2-5-9-21)31-32-29(33)37-20-27(34)30-22-12-16-26(17-13-22)36-25-10-6-3-7-11-25/h2-19H,20H2,1H3,(H,30,34). The third kappa shape index (κ3) is 5.99. The Bertz CT molecular complexity index is 1460. The summed E-state index contributed by atoms with van der Waals surface area (Å²) in [5, 5.41) is 12.4. The lowest BCUT2D eigenvalue weighted by atomic mass is 10.2. The molecule has 7 nitrogen and oxygen atoms in total. The van der Waals surface area contributed by atoms with E-state index in [1.54, 1.807) is 7.11 Å². The van der Waals surface area contributed by atoms with Crippen molar-refractivity contribution in [1.82, 2.24) is 14.8 Å². The van der Waals surface area contributed by atoms with Gasteiger partial charge in [-0.05, 0) is 60.7 Å². The predicted molar refractivity (Wildman–Crippen MR) is 146 cm³/mol. The Balaban J connectivity index is 1.28. The lowest BCUT2D eigenvalue weighted by Gasteiger charge is -2.11.